The number of carbonyl (C=O) groups excluding carboxylic acids is 1. The van der Waals surface area contributed by atoms with E-state index in [2.05, 4.69) is 16.8 Å². The fourth-order valence-electron chi connectivity index (χ4n) is 2.64. The van der Waals surface area contributed by atoms with Gasteiger partial charge in [-0.15, -0.1) is 0 Å². The lowest BCUT2D eigenvalue weighted by Crippen LogP contribution is -2.57. The van der Waals surface area contributed by atoms with Crippen LogP contribution >= 0.6 is 0 Å². The van der Waals surface area contributed by atoms with Crippen molar-refractivity contribution < 1.29 is 14.3 Å². The summed E-state index contributed by atoms with van der Waals surface area (Å²) < 4.78 is 10.9. The van der Waals surface area contributed by atoms with Gasteiger partial charge in [0, 0.05) is 24.4 Å². The van der Waals surface area contributed by atoms with Crippen LogP contribution in [0, 0.1) is 11.8 Å². The molecule has 1 aromatic carbocycles. The quantitative estimate of drug-likeness (QED) is 0.790. The van der Waals surface area contributed by atoms with Crippen LogP contribution in [0.3, 0.4) is 0 Å². The van der Waals surface area contributed by atoms with Gasteiger partial charge in [0.1, 0.15) is 17.5 Å². The number of ether oxygens (including phenoxy) is 2. The molecular weight excluding hydrogens is 316 g/mol. The fraction of sp³-hybridized carbons (Fsp3) is 0.300. The maximum atomic E-state index is 12.2. The summed E-state index contributed by atoms with van der Waals surface area (Å²) in [5.41, 5.74) is 1.06. The lowest BCUT2D eigenvalue weighted by molar-refractivity contribution is -0.0858. The maximum Gasteiger partial charge on any atom is 0.416 e. The van der Waals surface area contributed by atoms with Crippen LogP contribution in [0.1, 0.15) is 25.0 Å². The summed E-state index contributed by atoms with van der Waals surface area (Å²) in [6.45, 7) is 4.07. The van der Waals surface area contributed by atoms with Crippen LogP contribution in [0.25, 0.3) is 0 Å². The normalized spacial score (nSPS) is 18.9. The second-order valence-electron chi connectivity index (χ2n) is 6.33. The molecule has 1 saturated heterocycles. The van der Waals surface area contributed by atoms with E-state index < -0.39 is 11.7 Å². The van der Waals surface area contributed by atoms with Crippen LogP contribution in [0.2, 0.25) is 0 Å². The van der Waals surface area contributed by atoms with Gasteiger partial charge in [-0.2, -0.15) is 0 Å². The van der Waals surface area contributed by atoms with Crippen molar-refractivity contribution in [3.05, 3.63) is 59.8 Å². The van der Waals surface area contributed by atoms with E-state index in [0.29, 0.717) is 12.4 Å². The minimum absolute atomic E-state index is 0.232. The second-order valence-corrected chi connectivity index (χ2v) is 6.33. The lowest BCUT2D eigenvalue weighted by atomic mass is 9.99. The molecule has 5 heteroatoms. The smallest absolute Gasteiger partial charge is 0.416 e. The number of carbonyl (C=O) groups is 1. The Kier molecular flexibility index (Phi) is 4.73. The number of nitrogens with zero attached hydrogens (tertiary/aromatic N) is 2. The molecule has 1 fully saturated rings. The van der Waals surface area contributed by atoms with Crippen LogP contribution in [-0.2, 0) is 9.47 Å². The third-order valence-electron chi connectivity index (χ3n) is 4.13. The first-order valence-corrected chi connectivity index (χ1v) is 8.06. The Balaban J connectivity index is 1.76. The molecule has 1 aliphatic rings. The molecule has 0 aliphatic carbocycles. The number of hydrogen-bond acceptors (Lipinski definition) is 4. The highest BCUT2D eigenvalue weighted by Crippen LogP contribution is 2.27. The van der Waals surface area contributed by atoms with Gasteiger partial charge < -0.3 is 9.47 Å². The molecule has 1 amide bonds. The zero-order valence-electron chi connectivity index (χ0n) is 14.5. The van der Waals surface area contributed by atoms with Crippen LogP contribution in [0.4, 0.5) is 10.6 Å². The third kappa shape index (κ3) is 3.81. The monoisotopic (exact) mass is 336 g/mol. The van der Waals surface area contributed by atoms with Gasteiger partial charge in [-0.25, -0.2) is 9.78 Å². The van der Waals surface area contributed by atoms with Crippen LogP contribution < -0.4 is 4.90 Å². The van der Waals surface area contributed by atoms with Crippen molar-refractivity contribution in [2.24, 2.45) is 0 Å². The first-order valence-electron chi connectivity index (χ1n) is 8.06. The maximum absolute atomic E-state index is 12.2. The minimum atomic E-state index is -0.663. The Morgan fingerprint density at radius 2 is 1.88 bits per heavy atom. The summed E-state index contributed by atoms with van der Waals surface area (Å²) in [6, 6.07) is 13.3. The minimum Gasteiger partial charge on any atom is -0.440 e. The first kappa shape index (κ1) is 17.0. The molecule has 1 aromatic heterocycles. The summed E-state index contributed by atoms with van der Waals surface area (Å²) in [7, 11) is 1.61. The van der Waals surface area contributed by atoms with Crippen LogP contribution in [0.5, 0.6) is 0 Å². The molecule has 3 rings (SSSR count). The highest BCUT2D eigenvalue weighted by Gasteiger charge is 2.42. The molecule has 0 unspecified atom stereocenters. The Labute approximate surface area is 147 Å². The van der Waals surface area contributed by atoms with E-state index in [1.54, 1.807) is 19.4 Å². The Hall–Kier alpha value is -2.84. The summed E-state index contributed by atoms with van der Waals surface area (Å²) >= 11 is 0. The second kappa shape index (κ2) is 6.96. The molecule has 0 saturated carbocycles. The van der Waals surface area contributed by atoms with Crippen molar-refractivity contribution in [2.45, 2.75) is 25.6 Å². The van der Waals surface area contributed by atoms with E-state index in [1.165, 1.54) is 4.90 Å². The number of benzene rings is 1. The largest absolute Gasteiger partial charge is 0.440 e. The van der Waals surface area contributed by atoms with Gasteiger partial charge in [-0.1, -0.05) is 30.0 Å². The van der Waals surface area contributed by atoms with Gasteiger partial charge in [-0.05, 0) is 38.1 Å². The van der Waals surface area contributed by atoms with Crippen molar-refractivity contribution in [2.75, 3.05) is 18.6 Å². The molecule has 0 radical (unpaired) electrons. The van der Waals surface area contributed by atoms with E-state index in [9.17, 15) is 4.79 Å². The molecule has 0 spiro atoms. The molecule has 0 N–H and O–H groups in total. The topological polar surface area (TPSA) is 51.7 Å². The summed E-state index contributed by atoms with van der Waals surface area (Å²) in [6.07, 6.45) is 0.999. The molecule has 25 heavy (non-hydrogen) atoms. The van der Waals surface area contributed by atoms with Crippen LogP contribution in [0.15, 0.2) is 48.7 Å². The number of rotatable bonds is 2. The standard InChI is InChI=1S/C20H20N2O3/c1-20(2)17(24-3)14-22(19(23)25-20)18-12-11-16(13-21-18)10-9-15-7-5-4-6-8-15/h4-8,11-13,17H,14H2,1-3H3/t17-/m0/s1. The van der Waals surface area contributed by atoms with Gasteiger partial charge >= 0.3 is 6.09 Å². The third-order valence-corrected chi connectivity index (χ3v) is 4.13. The Morgan fingerprint density at radius 3 is 2.52 bits per heavy atom. The predicted molar refractivity (Wildman–Crippen MR) is 95.4 cm³/mol. The highest BCUT2D eigenvalue weighted by molar-refractivity contribution is 5.87. The zero-order chi connectivity index (χ0) is 17.9. The summed E-state index contributed by atoms with van der Waals surface area (Å²) in [5, 5.41) is 0. The molecule has 2 aromatic rings. The molecule has 0 bridgehead atoms. The molecular formula is C20H20N2O3. The molecule has 1 aliphatic heterocycles. The zero-order valence-corrected chi connectivity index (χ0v) is 14.5. The van der Waals surface area contributed by atoms with Crippen LogP contribution in [-0.4, -0.2) is 36.4 Å². The molecule has 1 atom stereocenters. The number of methoxy groups -OCH3 is 1. The van der Waals surface area contributed by atoms with Gasteiger partial charge in [0.2, 0.25) is 0 Å². The lowest BCUT2D eigenvalue weighted by Gasteiger charge is -2.41. The molecule has 128 valence electrons. The number of aromatic nitrogens is 1. The Morgan fingerprint density at radius 1 is 1.16 bits per heavy atom. The van der Waals surface area contributed by atoms with Crippen molar-refractivity contribution in [1.82, 2.24) is 4.98 Å². The number of anilines is 1. The average molecular weight is 336 g/mol. The van der Waals surface area contributed by atoms with Gasteiger partial charge in [-0.3, -0.25) is 4.90 Å². The van der Waals surface area contributed by atoms with Gasteiger partial charge in [0.05, 0.1) is 6.54 Å². The van der Waals surface area contributed by atoms with E-state index >= 15 is 0 Å². The van der Waals surface area contributed by atoms with E-state index in [4.69, 9.17) is 9.47 Å². The number of cyclic esters (lactones) is 1. The van der Waals surface area contributed by atoms with Crippen molar-refractivity contribution >= 4 is 11.9 Å². The predicted octanol–water partition coefficient (Wildman–Crippen LogP) is 3.23. The summed E-state index contributed by atoms with van der Waals surface area (Å²) in [4.78, 5) is 18.1. The first-order chi connectivity index (χ1) is 12.0. The summed E-state index contributed by atoms with van der Waals surface area (Å²) in [5.74, 6) is 6.66. The number of amides is 1. The number of pyridine rings is 1. The number of hydrogen-bond donors (Lipinski definition) is 0. The average Bonchev–Trinajstić information content (AvgIpc) is 2.61. The van der Waals surface area contributed by atoms with Gasteiger partial charge in [0.25, 0.3) is 0 Å². The molecule has 5 nitrogen and oxygen atoms in total. The SMILES string of the molecule is CO[C@H]1CN(c2ccc(C#Cc3ccccc3)cn2)C(=O)OC1(C)C. The fourth-order valence-corrected chi connectivity index (χ4v) is 2.64. The van der Waals surface area contributed by atoms with Crippen molar-refractivity contribution in [3.63, 3.8) is 0 Å². The van der Waals surface area contributed by atoms with Gasteiger partial charge in [0.15, 0.2) is 0 Å². The Bertz CT molecular complexity index is 804. The van der Waals surface area contributed by atoms with E-state index in [-0.39, 0.29) is 6.10 Å². The highest BCUT2D eigenvalue weighted by atomic mass is 16.6. The molecule has 2 heterocycles. The van der Waals surface area contributed by atoms with E-state index in [1.807, 2.05) is 50.2 Å². The van der Waals surface area contributed by atoms with Crippen molar-refractivity contribution in [3.8, 4) is 11.8 Å². The van der Waals surface area contributed by atoms with Crippen molar-refractivity contribution in [1.29, 1.82) is 0 Å². The van der Waals surface area contributed by atoms with E-state index in [0.717, 1.165) is 11.1 Å².